The molecule has 2 fully saturated rings. The number of hydrogen-bond donors (Lipinski definition) is 3. The molecule has 2 aromatic rings. The van der Waals surface area contributed by atoms with Crippen molar-refractivity contribution >= 4 is 34.9 Å². The van der Waals surface area contributed by atoms with E-state index in [-0.39, 0.29) is 40.9 Å². The van der Waals surface area contributed by atoms with Crippen LogP contribution in [-0.2, 0) is 9.53 Å². The minimum Gasteiger partial charge on any atom is -0.395 e. The molecule has 2 aliphatic rings. The first kappa shape index (κ1) is 23.1. The van der Waals surface area contributed by atoms with Gasteiger partial charge in [-0.3, -0.25) is 19.4 Å². The van der Waals surface area contributed by atoms with Gasteiger partial charge in [0, 0.05) is 31.6 Å². The number of rotatable bonds is 8. The number of nitrogens with two attached hydrogens (primary N) is 2. The van der Waals surface area contributed by atoms with Crippen molar-refractivity contribution in [3.05, 3.63) is 40.7 Å². The van der Waals surface area contributed by atoms with E-state index in [2.05, 4.69) is 14.7 Å². The second-order valence-electron chi connectivity index (χ2n) is 8.40. The van der Waals surface area contributed by atoms with E-state index in [1.807, 2.05) is 0 Å². The fourth-order valence-electron chi connectivity index (χ4n) is 4.44. The average Bonchev–Trinajstić information content (AvgIpc) is 3.56. The molecule has 1 saturated carbocycles. The van der Waals surface area contributed by atoms with Gasteiger partial charge in [0.1, 0.15) is 10.9 Å². The summed E-state index contributed by atoms with van der Waals surface area (Å²) in [4.78, 5) is 44.6. The summed E-state index contributed by atoms with van der Waals surface area (Å²) in [7, 11) is 0. The Balaban J connectivity index is 1.71. The summed E-state index contributed by atoms with van der Waals surface area (Å²) in [5.41, 5.74) is 11.8. The number of nitrogen functional groups attached to an aromatic ring is 1. The summed E-state index contributed by atoms with van der Waals surface area (Å²) in [6.45, 7) is 0.808. The fourth-order valence-corrected chi connectivity index (χ4v) is 5.20. The second-order valence-corrected chi connectivity index (χ2v) is 9.18. The van der Waals surface area contributed by atoms with Crippen LogP contribution in [0.2, 0.25) is 0 Å². The first-order chi connectivity index (χ1) is 16.0. The highest BCUT2D eigenvalue weighted by Gasteiger charge is 2.37. The number of nitrogens with zero attached hydrogens (tertiary/aromatic N) is 3. The van der Waals surface area contributed by atoms with Crippen molar-refractivity contribution < 1.29 is 19.1 Å². The van der Waals surface area contributed by atoms with E-state index in [4.69, 9.17) is 16.2 Å². The number of amides is 3. The van der Waals surface area contributed by atoms with Crippen LogP contribution in [0.4, 0.5) is 5.69 Å². The Hall–Kier alpha value is -3.05. The highest BCUT2D eigenvalue weighted by Crippen LogP contribution is 2.31. The molecule has 33 heavy (non-hydrogen) atoms. The molecule has 1 aliphatic carbocycles. The molecule has 10 nitrogen and oxygen atoms in total. The zero-order valence-corrected chi connectivity index (χ0v) is 19.1. The van der Waals surface area contributed by atoms with Gasteiger partial charge in [-0.15, -0.1) is 0 Å². The number of nitrogens with one attached hydrogen (secondary N) is 1. The van der Waals surface area contributed by atoms with E-state index in [0.29, 0.717) is 12.2 Å². The van der Waals surface area contributed by atoms with Gasteiger partial charge in [-0.05, 0) is 54.9 Å². The Morgan fingerprint density at radius 3 is 2.52 bits per heavy atom. The molecule has 3 amide bonds. The highest BCUT2D eigenvalue weighted by atomic mass is 32.1. The van der Waals surface area contributed by atoms with Gasteiger partial charge in [0.25, 0.3) is 11.8 Å². The van der Waals surface area contributed by atoms with Crippen LogP contribution in [0.3, 0.4) is 0 Å². The van der Waals surface area contributed by atoms with Crippen molar-refractivity contribution in [2.75, 3.05) is 18.9 Å². The molecule has 0 bridgehead atoms. The summed E-state index contributed by atoms with van der Waals surface area (Å²) in [6.07, 6.45) is 8.60. The Kier molecular flexibility index (Phi) is 7.19. The zero-order valence-electron chi connectivity index (χ0n) is 18.2. The molecule has 4 rings (SSSR count). The van der Waals surface area contributed by atoms with Crippen LogP contribution >= 0.6 is 11.5 Å². The number of pyridine rings is 1. The molecule has 1 aliphatic heterocycles. The lowest BCUT2D eigenvalue weighted by Crippen LogP contribution is -2.48. The van der Waals surface area contributed by atoms with Gasteiger partial charge in [0.05, 0.1) is 11.8 Å². The van der Waals surface area contributed by atoms with Gasteiger partial charge in [0.15, 0.2) is 5.69 Å². The van der Waals surface area contributed by atoms with Crippen LogP contribution in [0.15, 0.2) is 24.5 Å². The molecule has 1 saturated heterocycles. The third-order valence-corrected chi connectivity index (χ3v) is 6.98. The number of carbonyl (C=O) groups excluding carboxylic acids is 3. The maximum atomic E-state index is 13.8. The van der Waals surface area contributed by atoms with Crippen LogP contribution in [0.1, 0.15) is 70.3 Å². The monoisotopic (exact) mass is 472 g/mol. The van der Waals surface area contributed by atoms with E-state index in [9.17, 15) is 14.4 Å². The van der Waals surface area contributed by atoms with Crippen LogP contribution in [-0.4, -0.2) is 57.3 Å². The zero-order chi connectivity index (χ0) is 23.4. The number of primary amides is 1. The molecule has 0 spiro atoms. The topological polar surface area (TPSA) is 154 Å². The van der Waals surface area contributed by atoms with Crippen LogP contribution in [0.5, 0.6) is 0 Å². The lowest BCUT2D eigenvalue weighted by atomic mass is 10.0. The van der Waals surface area contributed by atoms with E-state index >= 15 is 0 Å². The van der Waals surface area contributed by atoms with Crippen LogP contribution < -0.4 is 16.8 Å². The first-order valence-electron chi connectivity index (χ1n) is 11.1. The fraction of sp³-hybridized carbons (Fsp3) is 0.500. The molecular weight excluding hydrogens is 444 g/mol. The van der Waals surface area contributed by atoms with Crippen molar-refractivity contribution in [2.24, 2.45) is 5.73 Å². The third-order valence-electron chi connectivity index (χ3n) is 6.12. The number of ether oxygens (including phenoxy) is 1. The first-order valence-corrected chi connectivity index (χ1v) is 11.9. The van der Waals surface area contributed by atoms with E-state index in [0.717, 1.165) is 50.1 Å². The molecular formula is C22H28N6O4S. The van der Waals surface area contributed by atoms with Crippen molar-refractivity contribution in [2.45, 2.75) is 56.7 Å². The number of hydrogen-bond acceptors (Lipinski definition) is 8. The Morgan fingerprint density at radius 1 is 1.18 bits per heavy atom. The maximum absolute atomic E-state index is 13.8. The van der Waals surface area contributed by atoms with E-state index in [1.54, 1.807) is 24.5 Å². The summed E-state index contributed by atoms with van der Waals surface area (Å²) in [5, 5.41) is 3.12. The number of anilines is 1. The van der Waals surface area contributed by atoms with E-state index < -0.39 is 17.9 Å². The summed E-state index contributed by atoms with van der Waals surface area (Å²) >= 11 is 0.804. The summed E-state index contributed by atoms with van der Waals surface area (Å²) < 4.78 is 9.75. The Morgan fingerprint density at radius 2 is 1.91 bits per heavy atom. The predicted molar refractivity (Wildman–Crippen MR) is 122 cm³/mol. The number of aromatic nitrogens is 2. The molecule has 2 unspecified atom stereocenters. The van der Waals surface area contributed by atoms with Crippen molar-refractivity contribution in [1.82, 2.24) is 19.6 Å². The standard InChI is InChI=1S/C22H28N6O4S/c23-16-17(20(24)29)27-33-19(16)22(31)28(12-15-6-3-11-32-15)18(13-7-9-25-10-8-13)21(30)26-14-4-1-2-5-14/h7-10,14-15,18H,1-6,11-12,23H2,(H2,24,29)(H,26,30). The molecule has 0 aromatic carbocycles. The lowest BCUT2D eigenvalue weighted by Gasteiger charge is -2.33. The van der Waals surface area contributed by atoms with Crippen molar-refractivity contribution in [1.29, 1.82) is 0 Å². The molecule has 2 atom stereocenters. The normalized spacial score (nSPS) is 19.3. The summed E-state index contributed by atoms with van der Waals surface area (Å²) in [6, 6.07) is 2.61. The summed E-state index contributed by atoms with van der Waals surface area (Å²) in [5.74, 6) is -1.56. The predicted octanol–water partition coefficient (Wildman–Crippen LogP) is 1.64. The average molecular weight is 473 g/mol. The molecule has 0 radical (unpaired) electrons. The van der Waals surface area contributed by atoms with Gasteiger partial charge in [0.2, 0.25) is 5.91 Å². The van der Waals surface area contributed by atoms with Gasteiger partial charge in [-0.25, -0.2) is 0 Å². The quantitative estimate of drug-likeness (QED) is 0.528. The molecule has 2 aromatic heterocycles. The van der Waals surface area contributed by atoms with Crippen LogP contribution in [0.25, 0.3) is 0 Å². The molecule has 11 heteroatoms. The van der Waals surface area contributed by atoms with E-state index in [1.165, 1.54) is 4.90 Å². The molecule has 5 N–H and O–H groups in total. The van der Waals surface area contributed by atoms with Gasteiger partial charge >= 0.3 is 0 Å². The second kappa shape index (κ2) is 10.3. The third kappa shape index (κ3) is 5.14. The smallest absolute Gasteiger partial charge is 0.270 e. The molecule has 3 heterocycles. The SMILES string of the molecule is NC(=O)c1nsc(C(=O)N(CC2CCCO2)C(C(=O)NC2CCCC2)c2ccncc2)c1N. The van der Waals surface area contributed by atoms with Gasteiger partial charge < -0.3 is 26.4 Å². The Labute approximate surface area is 195 Å². The largest absolute Gasteiger partial charge is 0.395 e. The Bertz CT molecular complexity index is 1000. The minimum absolute atomic E-state index is 0.0699. The maximum Gasteiger partial charge on any atom is 0.270 e. The van der Waals surface area contributed by atoms with Gasteiger partial charge in [-0.2, -0.15) is 4.37 Å². The highest BCUT2D eigenvalue weighted by molar-refractivity contribution is 7.09. The lowest BCUT2D eigenvalue weighted by molar-refractivity contribution is -0.127. The van der Waals surface area contributed by atoms with Crippen molar-refractivity contribution in [3.8, 4) is 0 Å². The minimum atomic E-state index is -0.913. The van der Waals surface area contributed by atoms with Crippen LogP contribution in [0, 0.1) is 0 Å². The van der Waals surface area contributed by atoms with Crippen molar-refractivity contribution in [3.63, 3.8) is 0 Å². The van der Waals surface area contributed by atoms with Gasteiger partial charge in [-0.1, -0.05) is 12.8 Å². The number of carbonyl (C=O) groups is 3. The molecule has 176 valence electrons.